The normalized spacial score (nSPS) is 11.2. The van der Waals surface area contributed by atoms with Crippen LogP contribution in [0, 0.1) is 0 Å². The molecule has 5 aromatic carbocycles. The summed E-state index contributed by atoms with van der Waals surface area (Å²) in [7, 11) is 0. The van der Waals surface area contributed by atoms with Gasteiger partial charge in [-0.25, -0.2) is 0 Å². The number of hydrogen-bond donors (Lipinski definition) is 0. The van der Waals surface area contributed by atoms with Crippen molar-refractivity contribution < 1.29 is 0 Å². The highest BCUT2D eigenvalue weighted by Gasteiger charge is 2.17. The summed E-state index contributed by atoms with van der Waals surface area (Å²) < 4.78 is 2.25. The quantitative estimate of drug-likeness (QED) is 0.204. The average Bonchev–Trinajstić information content (AvgIpc) is 3.17. The molecule has 0 bridgehead atoms. The van der Waals surface area contributed by atoms with E-state index in [0.29, 0.717) is 0 Å². The minimum absolute atomic E-state index is 1.14. The van der Waals surface area contributed by atoms with Gasteiger partial charge in [-0.15, -0.1) is 0 Å². The molecule has 0 radical (unpaired) electrons. The van der Waals surface area contributed by atoms with Crippen LogP contribution in [0.15, 0.2) is 127 Å². The van der Waals surface area contributed by atoms with Crippen LogP contribution in [-0.4, -0.2) is 2.78 Å². The molecule has 2 nitrogen and oxygen atoms in total. The highest BCUT2D eigenvalue weighted by atomic mass is 127. The van der Waals surface area contributed by atoms with E-state index in [1.807, 2.05) is 0 Å². The maximum atomic E-state index is 2.40. The molecule has 158 valence electrons. The summed E-state index contributed by atoms with van der Waals surface area (Å²) in [4.78, 5) is 2.33. The number of para-hydroxylation sites is 4. The zero-order valence-corrected chi connectivity index (χ0v) is 20.1. The average molecular weight is 536 g/mol. The Hall–Kier alpha value is -3.57. The minimum atomic E-state index is 1.14. The van der Waals surface area contributed by atoms with Gasteiger partial charge in [-0.2, -0.15) is 0 Å². The number of hydrogen-bond acceptors (Lipinski definition) is 1. The fourth-order valence-electron chi connectivity index (χ4n) is 4.59. The number of rotatable bonds is 4. The van der Waals surface area contributed by atoms with Crippen LogP contribution in [0.2, 0.25) is 0 Å². The van der Waals surface area contributed by atoms with Crippen molar-refractivity contribution in [2.24, 2.45) is 0 Å². The predicted molar refractivity (Wildman–Crippen MR) is 149 cm³/mol. The van der Waals surface area contributed by atoms with Gasteiger partial charge in [-0.3, -0.25) is 2.78 Å². The van der Waals surface area contributed by atoms with Gasteiger partial charge in [0, 0.05) is 27.7 Å². The maximum Gasteiger partial charge on any atom is 0.0646 e. The van der Waals surface area contributed by atoms with E-state index in [1.165, 1.54) is 32.9 Å². The third-order valence-electron chi connectivity index (χ3n) is 6.10. The molecule has 0 N–H and O–H groups in total. The summed E-state index contributed by atoms with van der Waals surface area (Å²) >= 11 is 2.40. The molecule has 0 aliphatic heterocycles. The van der Waals surface area contributed by atoms with Crippen molar-refractivity contribution in [1.82, 2.24) is 2.78 Å². The van der Waals surface area contributed by atoms with E-state index in [4.69, 9.17) is 0 Å². The van der Waals surface area contributed by atoms with Crippen molar-refractivity contribution in [1.29, 1.82) is 0 Å². The van der Waals surface area contributed by atoms with Crippen LogP contribution < -0.4 is 4.90 Å². The van der Waals surface area contributed by atoms with Crippen molar-refractivity contribution >= 4 is 61.7 Å². The van der Waals surface area contributed by atoms with E-state index < -0.39 is 0 Å². The smallest absolute Gasteiger partial charge is 0.0646 e. The van der Waals surface area contributed by atoms with Crippen molar-refractivity contribution in [3.05, 3.63) is 127 Å². The predicted octanol–water partition coefficient (Wildman–Crippen LogP) is 9.13. The molecule has 0 spiro atoms. The fourth-order valence-corrected chi connectivity index (χ4v) is 5.43. The van der Waals surface area contributed by atoms with Gasteiger partial charge in [-0.1, -0.05) is 78.9 Å². The summed E-state index contributed by atoms with van der Waals surface area (Å²) in [5.74, 6) is 0. The first-order chi connectivity index (χ1) is 16.3. The van der Waals surface area contributed by atoms with Crippen molar-refractivity contribution in [2.75, 3.05) is 4.90 Å². The Kier molecular flexibility index (Phi) is 5.11. The molecule has 1 heterocycles. The summed E-state index contributed by atoms with van der Waals surface area (Å²) in [6.45, 7) is 0. The number of benzene rings is 5. The molecule has 6 rings (SSSR count). The largest absolute Gasteiger partial charge is 0.310 e. The second-order valence-electron chi connectivity index (χ2n) is 8.05. The maximum absolute atomic E-state index is 2.40. The highest BCUT2D eigenvalue weighted by Crippen LogP contribution is 2.42. The fraction of sp³-hybridized carbons (Fsp3) is 0. The standard InChI is InChI=1S/C30H21IN2/c31-33-29-18-10-8-16-26(29)27-21-22(19-20-30(27)33)25-15-7-9-17-28(25)32(23-11-3-1-4-12-23)24-13-5-2-6-14-24/h1-21H. The van der Waals surface area contributed by atoms with Crippen molar-refractivity contribution in [3.63, 3.8) is 0 Å². The highest BCUT2D eigenvalue weighted by molar-refractivity contribution is 14.1. The lowest BCUT2D eigenvalue weighted by atomic mass is 9.99. The van der Waals surface area contributed by atoms with E-state index >= 15 is 0 Å². The molecule has 6 aromatic rings. The van der Waals surface area contributed by atoms with Crippen LogP contribution in [0.25, 0.3) is 32.9 Å². The second kappa shape index (κ2) is 8.41. The van der Waals surface area contributed by atoms with Gasteiger partial charge >= 0.3 is 0 Å². The molecule has 0 unspecified atom stereocenters. The summed E-state index contributed by atoms with van der Waals surface area (Å²) in [6, 6.07) is 45.2. The topological polar surface area (TPSA) is 8.17 Å². The molecule has 0 atom stereocenters. The third kappa shape index (κ3) is 3.49. The third-order valence-corrected chi connectivity index (χ3v) is 7.14. The zero-order valence-electron chi connectivity index (χ0n) is 17.9. The lowest BCUT2D eigenvalue weighted by Crippen LogP contribution is -2.10. The minimum Gasteiger partial charge on any atom is -0.310 e. The monoisotopic (exact) mass is 536 g/mol. The van der Waals surface area contributed by atoms with Crippen LogP contribution in [-0.2, 0) is 0 Å². The molecule has 0 fully saturated rings. The Morgan fingerprint density at radius 2 is 1.09 bits per heavy atom. The van der Waals surface area contributed by atoms with Gasteiger partial charge in [-0.05, 0) is 54.1 Å². The number of anilines is 3. The van der Waals surface area contributed by atoms with E-state index in [2.05, 4.69) is 158 Å². The van der Waals surface area contributed by atoms with E-state index in [-0.39, 0.29) is 0 Å². The Balaban J connectivity index is 1.59. The molecule has 33 heavy (non-hydrogen) atoms. The van der Waals surface area contributed by atoms with Gasteiger partial charge in [0.05, 0.1) is 39.6 Å². The Labute approximate surface area is 207 Å². The van der Waals surface area contributed by atoms with Crippen LogP contribution in [0.3, 0.4) is 0 Å². The van der Waals surface area contributed by atoms with Crippen LogP contribution in [0.4, 0.5) is 17.1 Å². The van der Waals surface area contributed by atoms with Gasteiger partial charge in [0.2, 0.25) is 0 Å². The summed E-state index contributed by atoms with van der Waals surface area (Å²) in [5, 5.41) is 2.56. The molecule has 0 amide bonds. The van der Waals surface area contributed by atoms with Gasteiger partial charge in [0.15, 0.2) is 0 Å². The first-order valence-electron chi connectivity index (χ1n) is 11.0. The first-order valence-corrected chi connectivity index (χ1v) is 12.0. The number of aromatic nitrogens is 1. The summed E-state index contributed by atoms with van der Waals surface area (Å²) in [6.07, 6.45) is 0. The SMILES string of the molecule is In1c2ccccc2c2cc(-c3ccccc3N(c3ccccc3)c3ccccc3)ccc21. The molecule has 1 aromatic heterocycles. The van der Waals surface area contributed by atoms with Crippen molar-refractivity contribution in [2.45, 2.75) is 0 Å². The lowest BCUT2D eigenvalue weighted by molar-refractivity contribution is 1.28. The molecule has 3 heteroatoms. The number of fused-ring (bicyclic) bond motifs is 3. The molecule has 0 saturated heterocycles. The molecule has 0 saturated carbocycles. The Bertz CT molecular complexity index is 1530. The van der Waals surface area contributed by atoms with E-state index in [1.54, 1.807) is 0 Å². The number of halogens is 1. The Morgan fingerprint density at radius 3 is 1.82 bits per heavy atom. The molecule has 0 aliphatic carbocycles. The summed E-state index contributed by atoms with van der Waals surface area (Å²) in [5.41, 5.74) is 8.34. The molecular formula is C30H21IN2. The van der Waals surface area contributed by atoms with Gasteiger partial charge < -0.3 is 4.90 Å². The van der Waals surface area contributed by atoms with Crippen molar-refractivity contribution in [3.8, 4) is 11.1 Å². The zero-order chi connectivity index (χ0) is 22.2. The van der Waals surface area contributed by atoms with Crippen LogP contribution in [0.5, 0.6) is 0 Å². The Morgan fingerprint density at radius 1 is 0.515 bits per heavy atom. The van der Waals surface area contributed by atoms with E-state index in [9.17, 15) is 0 Å². The number of nitrogens with zero attached hydrogens (tertiary/aromatic N) is 2. The van der Waals surface area contributed by atoms with Crippen LogP contribution >= 0.6 is 22.9 Å². The molecular weight excluding hydrogens is 515 g/mol. The van der Waals surface area contributed by atoms with E-state index in [0.717, 1.165) is 17.1 Å². The molecule has 0 aliphatic rings. The van der Waals surface area contributed by atoms with Gasteiger partial charge in [0.1, 0.15) is 0 Å². The lowest BCUT2D eigenvalue weighted by Gasteiger charge is -2.27. The van der Waals surface area contributed by atoms with Crippen LogP contribution in [0.1, 0.15) is 0 Å². The first kappa shape index (κ1) is 20.1. The van der Waals surface area contributed by atoms with Gasteiger partial charge in [0.25, 0.3) is 0 Å². The second-order valence-corrected chi connectivity index (χ2v) is 9.02.